The number of carbonyl (C=O) groups is 1. The molecule has 0 aliphatic heterocycles. The zero-order chi connectivity index (χ0) is 15.0. The van der Waals surface area contributed by atoms with Gasteiger partial charge in [0.15, 0.2) is 0 Å². The zero-order valence-corrected chi connectivity index (χ0v) is 12.7. The SMILES string of the molecule is COC(=O)C(NCCCN(C)C)c1ccc(OC)cc1. The van der Waals surface area contributed by atoms with Gasteiger partial charge >= 0.3 is 5.97 Å². The number of rotatable bonds is 8. The second-order valence-electron chi connectivity index (χ2n) is 4.84. The molecule has 0 amide bonds. The summed E-state index contributed by atoms with van der Waals surface area (Å²) in [7, 11) is 7.08. The third kappa shape index (κ3) is 5.19. The van der Waals surface area contributed by atoms with E-state index in [9.17, 15) is 4.79 Å². The smallest absolute Gasteiger partial charge is 0.327 e. The number of nitrogens with one attached hydrogen (secondary N) is 1. The number of methoxy groups -OCH3 is 2. The van der Waals surface area contributed by atoms with Gasteiger partial charge in [-0.05, 0) is 51.3 Å². The molecule has 5 heteroatoms. The highest BCUT2D eigenvalue weighted by atomic mass is 16.5. The molecule has 0 heterocycles. The van der Waals surface area contributed by atoms with Crippen molar-refractivity contribution >= 4 is 5.97 Å². The average molecular weight is 280 g/mol. The van der Waals surface area contributed by atoms with Crippen LogP contribution < -0.4 is 10.1 Å². The molecule has 1 unspecified atom stereocenters. The monoisotopic (exact) mass is 280 g/mol. The van der Waals surface area contributed by atoms with Gasteiger partial charge in [0.25, 0.3) is 0 Å². The fourth-order valence-electron chi connectivity index (χ4n) is 1.89. The fraction of sp³-hybridized carbons (Fsp3) is 0.533. The molecule has 1 rings (SSSR count). The average Bonchev–Trinajstić information content (AvgIpc) is 2.46. The largest absolute Gasteiger partial charge is 0.497 e. The van der Waals surface area contributed by atoms with Crippen molar-refractivity contribution in [1.29, 1.82) is 0 Å². The van der Waals surface area contributed by atoms with Gasteiger partial charge < -0.3 is 19.7 Å². The van der Waals surface area contributed by atoms with Crippen molar-refractivity contribution in [3.05, 3.63) is 29.8 Å². The minimum Gasteiger partial charge on any atom is -0.497 e. The van der Waals surface area contributed by atoms with Crippen molar-refractivity contribution in [2.45, 2.75) is 12.5 Å². The Hall–Kier alpha value is -1.59. The first-order valence-electron chi connectivity index (χ1n) is 6.68. The summed E-state index contributed by atoms with van der Waals surface area (Å²) in [5.41, 5.74) is 0.877. The molecular formula is C15H24N2O3. The number of hydrogen-bond acceptors (Lipinski definition) is 5. The molecule has 1 aromatic carbocycles. The van der Waals surface area contributed by atoms with Crippen molar-refractivity contribution in [2.75, 3.05) is 41.4 Å². The highest BCUT2D eigenvalue weighted by molar-refractivity contribution is 5.77. The van der Waals surface area contributed by atoms with Crippen molar-refractivity contribution in [3.8, 4) is 5.75 Å². The van der Waals surface area contributed by atoms with Gasteiger partial charge in [-0.25, -0.2) is 4.79 Å². The Kier molecular flexibility index (Phi) is 7.04. The lowest BCUT2D eigenvalue weighted by molar-refractivity contribution is -0.143. The van der Waals surface area contributed by atoms with Gasteiger partial charge in [-0.1, -0.05) is 12.1 Å². The lowest BCUT2D eigenvalue weighted by Crippen LogP contribution is -2.31. The van der Waals surface area contributed by atoms with E-state index >= 15 is 0 Å². The van der Waals surface area contributed by atoms with Crippen LogP contribution in [0.4, 0.5) is 0 Å². The predicted molar refractivity (Wildman–Crippen MR) is 78.9 cm³/mol. The van der Waals surface area contributed by atoms with E-state index in [-0.39, 0.29) is 5.97 Å². The summed E-state index contributed by atoms with van der Waals surface area (Å²) in [6.07, 6.45) is 0.969. The molecule has 0 spiro atoms. The Bertz CT molecular complexity index is 404. The Morgan fingerprint density at radius 1 is 1.25 bits per heavy atom. The Morgan fingerprint density at radius 2 is 1.90 bits per heavy atom. The molecule has 0 fully saturated rings. The van der Waals surface area contributed by atoms with Crippen LogP contribution in [0, 0.1) is 0 Å². The van der Waals surface area contributed by atoms with Crippen molar-refractivity contribution in [3.63, 3.8) is 0 Å². The van der Waals surface area contributed by atoms with Gasteiger partial charge in [-0.2, -0.15) is 0 Å². The van der Waals surface area contributed by atoms with Crippen LogP contribution in [-0.2, 0) is 9.53 Å². The van der Waals surface area contributed by atoms with Crippen LogP contribution in [0.1, 0.15) is 18.0 Å². The number of carbonyl (C=O) groups excluding carboxylic acids is 1. The maximum absolute atomic E-state index is 11.9. The van der Waals surface area contributed by atoms with E-state index < -0.39 is 6.04 Å². The number of benzene rings is 1. The molecule has 0 bridgehead atoms. The van der Waals surface area contributed by atoms with Crippen LogP contribution in [0.15, 0.2) is 24.3 Å². The Morgan fingerprint density at radius 3 is 2.40 bits per heavy atom. The third-order valence-electron chi connectivity index (χ3n) is 3.02. The van der Waals surface area contributed by atoms with Gasteiger partial charge in [-0.15, -0.1) is 0 Å². The van der Waals surface area contributed by atoms with Crippen LogP contribution in [-0.4, -0.2) is 52.3 Å². The molecule has 112 valence electrons. The van der Waals surface area contributed by atoms with E-state index in [1.54, 1.807) is 7.11 Å². The Labute approximate surface area is 120 Å². The highest BCUT2D eigenvalue weighted by Gasteiger charge is 2.20. The molecule has 1 N–H and O–H groups in total. The summed E-state index contributed by atoms with van der Waals surface area (Å²) in [5.74, 6) is 0.491. The number of esters is 1. The Balaban J connectivity index is 2.65. The maximum Gasteiger partial charge on any atom is 0.327 e. The topological polar surface area (TPSA) is 50.8 Å². The van der Waals surface area contributed by atoms with Gasteiger partial charge in [0.1, 0.15) is 11.8 Å². The van der Waals surface area contributed by atoms with Crippen molar-refractivity contribution in [2.24, 2.45) is 0 Å². The van der Waals surface area contributed by atoms with E-state index in [0.29, 0.717) is 0 Å². The second-order valence-corrected chi connectivity index (χ2v) is 4.84. The molecule has 1 atom stereocenters. The van der Waals surface area contributed by atoms with Crippen LogP contribution in [0.3, 0.4) is 0 Å². The lowest BCUT2D eigenvalue weighted by Gasteiger charge is -2.18. The van der Waals surface area contributed by atoms with Crippen LogP contribution in [0.5, 0.6) is 5.75 Å². The minimum atomic E-state index is -0.437. The first kappa shape index (κ1) is 16.5. The molecule has 1 aromatic rings. The van der Waals surface area contributed by atoms with Crippen LogP contribution in [0.25, 0.3) is 0 Å². The lowest BCUT2D eigenvalue weighted by atomic mass is 10.1. The summed E-state index contributed by atoms with van der Waals surface area (Å²) < 4.78 is 9.98. The molecule has 0 saturated carbocycles. The van der Waals surface area contributed by atoms with E-state index in [1.165, 1.54) is 7.11 Å². The predicted octanol–water partition coefficient (Wildman–Crippen LogP) is 1.45. The molecular weight excluding hydrogens is 256 g/mol. The van der Waals surface area contributed by atoms with Crippen LogP contribution >= 0.6 is 0 Å². The molecule has 0 aromatic heterocycles. The summed E-state index contributed by atoms with van der Waals surface area (Å²) in [6.45, 7) is 1.73. The summed E-state index contributed by atoms with van der Waals surface area (Å²) >= 11 is 0. The molecule has 5 nitrogen and oxygen atoms in total. The van der Waals surface area contributed by atoms with Crippen molar-refractivity contribution < 1.29 is 14.3 Å². The normalized spacial score (nSPS) is 12.2. The van der Waals surface area contributed by atoms with Gasteiger partial charge in [-0.3, -0.25) is 0 Å². The zero-order valence-electron chi connectivity index (χ0n) is 12.7. The molecule has 0 aliphatic rings. The third-order valence-corrected chi connectivity index (χ3v) is 3.02. The first-order valence-corrected chi connectivity index (χ1v) is 6.68. The molecule has 0 aliphatic carbocycles. The van der Waals surface area contributed by atoms with Gasteiger partial charge in [0, 0.05) is 0 Å². The van der Waals surface area contributed by atoms with E-state index in [4.69, 9.17) is 9.47 Å². The number of ether oxygens (including phenoxy) is 2. The fourth-order valence-corrected chi connectivity index (χ4v) is 1.89. The van der Waals surface area contributed by atoms with Crippen molar-refractivity contribution in [1.82, 2.24) is 10.2 Å². The molecule has 0 radical (unpaired) electrons. The maximum atomic E-state index is 11.9. The van der Waals surface area contributed by atoms with E-state index in [0.717, 1.165) is 30.8 Å². The summed E-state index contributed by atoms with van der Waals surface area (Å²) in [6, 6.07) is 6.99. The highest BCUT2D eigenvalue weighted by Crippen LogP contribution is 2.18. The standard InChI is InChI=1S/C15H24N2O3/c1-17(2)11-5-10-16-14(15(18)20-4)12-6-8-13(19-3)9-7-12/h6-9,14,16H,5,10-11H2,1-4H3. The quantitative estimate of drug-likeness (QED) is 0.577. The van der Waals surface area contributed by atoms with E-state index in [2.05, 4.69) is 10.2 Å². The van der Waals surface area contributed by atoms with Crippen LogP contribution in [0.2, 0.25) is 0 Å². The minimum absolute atomic E-state index is 0.278. The second kappa shape index (κ2) is 8.55. The molecule has 20 heavy (non-hydrogen) atoms. The number of hydrogen-bond donors (Lipinski definition) is 1. The molecule has 0 saturated heterocycles. The first-order chi connectivity index (χ1) is 9.58. The van der Waals surface area contributed by atoms with Gasteiger partial charge in [0.2, 0.25) is 0 Å². The van der Waals surface area contributed by atoms with E-state index in [1.807, 2.05) is 38.4 Å². The number of nitrogens with zero attached hydrogens (tertiary/aromatic N) is 1. The summed E-state index contributed by atoms with van der Waals surface area (Å²) in [5, 5.41) is 3.24. The summed E-state index contributed by atoms with van der Waals surface area (Å²) in [4.78, 5) is 14.0. The van der Waals surface area contributed by atoms with Gasteiger partial charge in [0.05, 0.1) is 14.2 Å².